The molecule has 12 heavy (non-hydrogen) atoms. The Labute approximate surface area is 73.5 Å². The van der Waals surface area contributed by atoms with Crippen molar-refractivity contribution >= 4 is 5.91 Å². The second-order valence-electron chi connectivity index (χ2n) is 3.06. The van der Waals surface area contributed by atoms with Gasteiger partial charge in [-0.3, -0.25) is 4.79 Å². The van der Waals surface area contributed by atoms with E-state index in [-0.39, 0.29) is 5.91 Å². The standard InChI is InChI=1S/C8H18N2O2/c1-4-5-10-8(2,6-12-3)7(9)11/h10H,4-6H2,1-3H3,(H2,9,11). The predicted octanol–water partition coefficient (Wildman–Crippen LogP) is -0.124. The molecule has 0 rings (SSSR count). The highest BCUT2D eigenvalue weighted by Gasteiger charge is 2.29. The summed E-state index contributed by atoms with van der Waals surface area (Å²) >= 11 is 0. The third-order valence-electron chi connectivity index (χ3n) is 1.74. The molecule has 0 aliphatic carbocycles. The molecule has 1 amide bonds. The van der Waals surface area contributed by atoms with Crippen LogP contribution >= 0.6 is 0 Å². The maximum absolute atomic E-state index is 11.0. The number of nitrogens with two attached hydrogens (primary N) is 1. The van der Waals surface area contributed by atoms with E-state index in [1.807, 2.05) is 6.92 Å². The van der Waals surface area contributed by atoms with Crippen molar-refractivity contribution in [3.63, 3.8) is 0 Å². The molecule has 1 unspecified atom stereocenters. The first-order chi connectivity index (χ1) is 5.56. The minimum Gasteiger partial charge on any atom is -0.382 e. The second kappa shape index (κ2) is 5.11. The summed E-state index contributed by atoms with van der Waals surface area (Å²) in [6.07, 6.45) is 0.965. The van der Waals surface area contributed by atoms with E-state index in [9.17, 15) is 4.79 Å². The number of nitrogens with one attached hydrogen (secondary N) is 1. The molecular formula is C8H18N2O2. The van der Waals surface area contributed by atoms with Gasteiger partial charge in [-0.1, -0.05) is 6.92 Å². The van der Waals surface area contributed by atoms with Gasteiger partial charge in [-0.05, 0) is 19.9 Å². The van der Waals surface area contributed by atoms with E-state index in [1.165, 1.54) is 0 Å². The Morgan fingerprint density at radius 2 is 2.25 bits per heavy atom. The Balaban J connectivity index is 4.08. The Kier molecular flexibility index (Phi) is 4.85. The van der Waals surface area contributed by atoms with E-state index in [0.29, 0.717) is 6.61 Å². The summed E-state index contributed by atoms with van der Waals surface area (Å²) in [5.41, 5.74) is 4.48. The van der Waals surface area contributed by atoms with Crippen molar-refractivity contribution in [2.75, 3.05) is 20.3 Å². The molecule has 3 N–H and O–H groups in total. The number of primary amides is 1. The van der Waals surface area contributed by atoms with Crippen LogP contribution in [0.3, 0.4) is 0 Å². The van der Waals surface area contributed by atoms with Gasteiger partial charge >= 0.3 is 0 Å². The molecule has 4 nitrogen and oxygen atoms in total. The van der Waals surface area contributed by atoms with Crippen molar-refractivity contribution in [2.45, 2.75) is 25.8 Å². The first-order valence-corrected chi connectivity index (χ1v) is 4.10. The van der Waals surface area contributed by atoms with Gasteiger partial charge in [0.15, 0.2) is 0 Å². The monoisotopic (exact) mass is 174 g/mol. The lowest BCUT2D eigenvalue weighted by Crippen LogP contribution is -2.56. The topological polar surface area (TPSA) is 64.3 Å². The van der Waals surface area contributed by atoms with Gasteiger partial charge in [-0.15, -0.1) is 0 Å². The fourth-order valence-electron chi connectivity index (χ4n) is 0.899. The quantitative estimate of drug-likeness (QED) is 0.590. The number of ether oxygens (including phenoxy) is 1. The summed E-state index contributed by atoms with van der Waals surface area (Å²) in [4.78, 5) is 11.0. The highest BCUT2D eigenvalue weighted by Crippen LogP contribution is 2.02. The van der Waals surface area contributed by atoms with Gasteiger partial charge in [0.1, 0.15) is 5.54 Å². The molecule has 0 bridgehead atoms. The van der Waals surface area contributed by atoms with Crippen LogP contribution in [0.15, 0.2) is 0 Å². The number of methoxy groups -OCH3 is 1. The minimum absolute atomic E-state index is 0.308. The number of amides is 1. The molecule has 0 heterocycles. The van der Waals surface area contributed by atoms with Crippen LogP contribution in [0.4, 0.5) is 0 Å². The molecule has 0 saturated carbocycles. The highest BCUT2D eigenvalue weighted by molar-refractivity contribution is 5.84. The Morgan fingerprint density at radius 3 is 2.58 bits per heavy atom. The van der Waals surface area contributed by atoms with Gasteiger partial charge in [0.2, 0.25) is 5.91 Å². The number of hydrogen-bond donors (Lipinski definition) is 2. The average Bonchev–Trinajstić information content (AvgIpc) is 2.01. The molecule has 0 fully saturated rings. The van der Waals surface area contributed by atoms with E-state index in [1.54, 1.807) is 14.0 Å². The van der Waals surface area contributed by atoms with Crippen molar-refractivity contribution < 1.29 is 9.53 Å². The van der Waals surface area contributed by atoms with Crippen molar-refractivity contribution in [3.8, 4) is 0 Å². The summed E-state index contributed by atoms with van der Waals surface area (Å²) in [5.74, 6) is -0.377. The zero-order chi connectivity index (χ0) is 9.61. The molecular weight excluding hydrogens is 156 g/mol. The van der Waals surface area contributed by atoms with Crippen LogP contribution in [0.2, 0.25) is 0 Å². The van der Waals surface area contributed by atoms with E-state index < -0.39 is 5.54 Å². The van der Waals surface area contributed by atoms with E-state index in [0.717, 1.165) is 13.0 Å². The molecule has 0 spiro atoms. The van der Waals surface area contributed by atoms with Crippen LogP contribution < -0.4 is 11.1 Å². The number of carbonyl (C=O) groups excluding carboxylic acids is 1. The van der Waals surface area contributed by atoms with Gasteiger partial charge in [0.25, 0.3) is 0 Å². The van der Waals surface area contributed by atoms with Crippen LogP contribution in [0, 0.1) is 0 Å². The van der Waals surface area contributed by atoms with E-state index in [2.05, 4.69) is 5.32 Å². The molecule has 0 aromatic rings. The van der Waals surface area contributed by atoms with Gasteiger partial charge < -0.3 is 15.8 Å². The van der Waals surface area contributed by atoms with E-state index in [4.69, 9.17) is 10.5 Å². The average molecular weight is 174 g/mol. The SMILES string of the molecule is CCCNC(C)(COC)C(N)=O. The lowest BCUT2D eigenvalue weighted by Gasteiger charge is -2.26. The molecule has 0 aliphatic rings. The summed E-state index contributed by atoms with van der Waals surface area (Å²) in [6.45, 7) is 4.85. The Bertz CT molecular complexity index is 150. The first-order valence-electron chi connectivity index (χ1n) is 4.10. The van der Waals surface area contributed by atoms with Crippen LogP contribution in [0.5, 0.6) is 0 Å². The first kappa shape index (κ1) is 11.4. The van der Waals surface area contributed by atoms with Gasteiger partial charge in [0, 0.05) is 7.11 Å². The smallest absolute Gasteiger partial charge is 0.239 e. The van der Waals surface area contributed by atoms with Gasteiger partial charge in [-0.2, -0.15) is 0 Å². The molecule has 0 saturated heterocycles. The number of carbonyl (C=O) groups is 1. The second-order valence-corrected chi connectivity index (χ2v) is 3.06. The summed E-state index contributed by atoms with van der Waals surface area (Å²) in [6, 6.07) is 0. The maximum atomic E-state index is 11.0. The van der Waals surface area contributed by atoms with Crippen molar-refractivity contribution in [1.29, 1.82) is 0 Å². The van der Waals surface area contributed by atoms with Crippen molar-refractivity contribution in [1.82, 2.24) is 5.32 Å². The lowest BCUT2D eigenvalue weighted by atomic mass is 10.0. The van der Waals surface area contributed by atoms with Crippen LogP contribution in [0.25, 0.3) is 0 Å². The summed E-state index contributed by atoms with van der Waals surface area (Å²) in [5, 5.41) is 3.05. The predicted molar refractivity (Wildman–Crippen MR) is 47.8 cm³/mol. The molecule has 4 heteroatoms. The number of rotatable bonds is 6. The fraction of sp³-hybridized carbons (Fsp3) is 0.875. The van der Waals surface area contributed by atoms with Crippen molar-refractivity contribution in [3.05, 3.63) is 0 Å². The number of hydrogen-bond acceptors (Lipinski definition) is 3. The minimum atomic E-state index is -0.731. The largest absolute Gasteiger partial charge is 0.382 e. The van der Waals surface area contributed by atoms with Crippen LogP contribution in [0.1, 0.15) is 20.3 Å². The lowest BCUT2D eigenvalue weighted by molar-refractivity contribution is -0.125. The molecule has 0 aromatic heterocycles. The Morgan fingerprint density at radius 1 is 1.67 bits per heavy atom. The van der Waals surface area contributed by atoms with Gasteiger partial charge in [0.05, 0.1) is 6.61 Å². The van der Waals surface area contributed by atoms with E-state index >= 15 is 0 Å². The Hall–Kier alpha value is -0.610. The van der Waals surface area contributed by atoms with Gasteiger partial charge in [-0.25, -0.2) is 0 Å². The third-order valence-corrected chi connectivity index (χ3v) is 1.74. The zero-order valence-electron chi connectivity index (χ0n) is 8.02. The van der Waals surface area contributed by atoms with Crippen molar-refractivity contribution in [2.24, 2.45) is 5.73 Å². The van der Waals surface area contributed by atoms with Crippen LogP contribution in [-0.2, 0) is 9.53 Å². The molecule has 0 radical (unpaired) electrons. The molecule has 0 aromatic carbocycles. The summed E-state index contributed by atoms with van der Waals surface area (Å²) < 4.78 is 4.90. The maximum Gasteiger partial charge on any atom is 0.239 e. The molecule has 72 valence electrons. The zero-order valence-corrected chi connectivity index (χ0v) is 8.02. The highest BCUT2D eigenvalue weighted by atomic mass is 16.5. The fourth-order valence-corrected chi connectivity index (χ4v) is 0.899. The molecule has 1 atom stereocenters. The molecule has 0 aliphatic heterocycles. The third kappa shape index (κ3) is 3.19. The van der Waals surface area contributed by atoms with Crippen LogP contribution in [-0.4, -0.2) is 31.7 Å². The summed E-state index contributed by atoms with van der Waals surface area (Å²) in [7, 11) is 1.55. The normalized spacial score (nSPS) is 15.6.